The van der Waals surface area contributed by atoms with Crippen molar-refractivity contribution in [2.75, 3.05) is 5.32 Å². The van der Waals surface area contributed by atoms with E-state index in [-0.39, 0.29) is 17.7 Å². The van der Waals surface area contributed by atoms with Crippen molar-refractivity contribution in [3.05, 3.63) is 65.2 Å². The zero-order valence-corrected chi connectivity index (χ0v) is 14.7. The molecule has 2 N–H and O–H groups in total. The maximum absolute atomic E-state index is 12.1. The van der Waals surface area contributed by atoms with Gasteiger partial charge in [-0.2, -0.15) is 10.4 Å². The quantitative estimate of drug-likeness (QED) is 0.619. The van der Waals surface area contributed by atoms with Crippen molar-refractivity contribution in [3.63, 3.8) is 0 Å². The number of hydrogen-bond acceptors (Lipinski definition) is 4. The molecule has 132 valence electrons. The van der Waals surface area contributed by atoms with Crippen LogP contribution in [0.2, 0.25) is 0 Å². The highest BCUT2D eigenvalue weighted by molar-refractivity contribution is 5.96. The Bertz CT molecular complexity index is 832. The van der Waals surface area contributed by atoms with Gasteiger partial charge in [0.15, 0.2) is 0 Å². The summed E-state index contributed by atoms with van der Waals surface area (Å²) in [6, 6.07) is 15.5. The number of hydrazone groups is 1. The number of nitrogens with zero attached hydrogens (tertiary/aromatic N) is 2. The Morgan fingerprint density at radius 2 is 1.77 bits per heavy atom. The minimum atomic E-state index is -0.352. The summed E-state index contributed by atoms with van der Waals surface area (Å²) in [7, 11) is 0. The molecule has 0 fully saturated rings. The summed E-state index contributed by atoms with van der Waals surface area (Å²) < 4.78 is 0. The van der Waals surface area contributed by atoms with Crippen molar-refractivity contribution < 1.29 is 9.59 Å². The normalized spacial score (nSPS) is 10.5. The first-order valence-corrected chi connectivity index (χ1v) is 8.21. The summed E-state index contributed by atoms with van der Waals surface area (Å²) in [4.78, 5) is 23.8. The van der Waals surface area contributed by atoms with Gasteiger partial charge in [-0.3, -0.25) is 9.59 Å². The number of anilines is 1. The average molecular weight is 348 g/mol. The molecule has 0 aliphatic rings. The van der Waals surface area contributed by atoms with Crippen LogP contribution >= 0.6 is 0 Å². The molecule has 6 nitrogen and oxygen atoms in total. The maximum atomic E-state index is 12.1. The molecule has 0 saturated heterocycles. The van der Waals surface area contributed by atoms with Gasteiger partial charge >= 0.3 is 0 Å². The molecule has 0 atom stereocenters. The highest BCUT2D eigenvalue weighted by atomic mass is 16.2. The first-order chi connectivity index (χ1) is 12.5. The molecule has 0 heterocycles. The van der Waals surface area contributed by atoms with Gasteiger partial charge in [0.05, 0.1) is 17.8 Å². The zero-order chi connectivity index (χ0) is 18.9. The second-order valence-electron chi connectivity index (χ2n) is 6.16. The molecule has 26 heavy (non-hydrogen) atoms. The molecule has 2 aromatic carbocycles. The Kier molecular flexibility index (Phi) is 6.63. The minimum absolute atomic E-state index is 0.0516. The van der Waals surface area contributed by atoms with Crippen molar-refractivity contribution in [2.24, 2.45) is 11.0 Å². The van der Waals surface area contributed by atoms with E-state index in [9.17, 15) is 9.59 Å². The first kappa shape index (κ1) is 18.9. The van der Waals surface area contributed by atoms with Crippen molar-refractivity contribution in [1.82, 2.24) is 5.43 Å². The summed E-state index contributed by atoms with van der Waals surface area (Å²) in [5.74, 6) is -0.117. The molecule has 0 radical (unpaired) electrons. The van der Waals surface area contributed by atoms with Crippen LogP contribution in [0.4, 0.5) is 5.69 Å². The Hall–Kier alpha value is -3.46. The van der Waals surface area contributed by atoms with E-state index < -0.39 is 0 Å². The number of carbonyl (C=O) groups is 2. The predicted molar refractivity (Wildman–Crippen MR) is 101 cm³/mol. The second kappa shape index (κ2) is 9.14. The Labute approximate surface area is 152 Å². The lowest BCUT2D eigenvalue weighted by molar-refractivity contribution is -0.116. The number of carbonyl (C=O) groups excluding carboxylic acids is 2. The van der Waals surface area contributed by atoms with E-state index in [2.05, 4.69) is 15.8 Å². The van der Waals surface area contributed by atoms with Crippen LogP contribution in [-0.2, 0) is 4.79 Å². The third-order valence-electron chi connectivity index (χ3n) is 3.44. The Morgan fingerprint density at radius 3 is 2.35 bits per heavy atom. The fourth-order valence-electron chi connectivity index (χ4n) is 2.16. The second-order valence-corrected chi connectivity index (χ2v) is 6.16. The molecule has 0 aliphatic heterocycles. The summed E-state index contributed by atoms with van der Waals surface area (Å²) in [5, 5.41) is 15.4. The van der Waals surface area contributed by atoms with Crippen LogP contribution in [-0.4, -0.2) is 18.0 Å². The van der Waals surface area contributed by atoms with Gasteiger partial charge in [0.25, 0.3) is 5.91 Å². The van der Waals surface area contributed by atoms with Crippen molar-refractivity contribution >= 4 is 23.7 Å². The van der Waals surface area contributed by atoms with E-state index in [0.717, 1.165) is 5.56 Å². The Balaban J connectivity index is 1.90. The molecule has 0 unspecified atom stereocenters. The third-order valence-corrected chi connectivity index (χ3v) is 3.44. The van der Waals surface area contributed by atoms with Crippen LogP contribution < -0.4 is 10.7 Å². The molecule has 2 aromatic rings. The molecule has 2 amide bonds. The van der Waals surface area contributed by atoms with E-state index >= 15 is 0 Å². The van der Waals surface area contributed by atoms with E-state index in [0.29, 0.717) is 23.2 Å². The number of nitrogens with one attached hydrogen (secondary N) is 2. The molecule has 0 bridgehead atoms. The highest BCUT2D eigenvalue weighted by Gasteiger charge is 2.07. The van der Waals surface area contributed by atoms with Crippen molar-refractivity contribution in [1.29, 1.82) is 5.26 Å². The van der Waals surface area contributed by atoms with Gasteiger partial charge < -0.3 is 5.32 Å². The summed E-state index contributed by atoms with van der Waals surface area (Å²) in [6.45, 7) is 3.96. The van der Waals surface area contributed by atoms with E-state index in [1.54, 1.807) is 48.5 Å². The van der Waals surface area contributed by atoms with Gasteiger partial charge in [0.1, 0.15) is 0 Å². The van der Waals surface area contributed by atoms with E-state index in [1.807, 2.05) is 19.9 Å². The minimum Gasteiger partial charge on any atom is -0.326 e. The van der Waals surface area contributed by atoms with Crippen molar-refractivity contribution in [2.45, 2.75) is 20.3 Å². The van der Waals surface area contributed by atoms with Crippen molar-refractivity contribution in [3.8, 4) is 6.07 Å². The number of rotatable bonds is 6. The van der Waals surface area contributed by atoms with Crippen LogP contribution in [0.1, 0.15) is 41.8 Å². The SMILES string of the molecule is CC(C)CC(=O)Nc1ccc(C(=O)N/N=C/c2ccc(C#N)cc2)cc1. The van der Waals surface area contributed by atoms with Gasteiger partial charge in [-0.1, -0.05) is 26.0 Å². The molecule has 0 saturated carbocycles. The van der Waals surface area contributed by atoms with Gasteiger partial charge in [-0.15, -0.1) is 0 Å². The van der Waals surface area contributed by atoms with Crippen LogP contribution in [0.15, 0.2) is 53.6 Å². The monoisotopic (exact) mass is 348 g/mol. The number of benzene rings is 2. The summed E-state index contributed by atoms with van der Waals surface area (Å²) in [6.07, 6.45) is 1.95. The molecule has 0 spiro atoms. The smallest absolute Gasteiger partial charge is 0.271 e. The first-order valence-electron chi connectivity index (χ1n) is 8.21. The molecule has 2 rings (SSSR count). The van der Waals surface area contributed by atoms with E-state index in [4.69, 9.17) is 5.26 Å². The lowest BCUT2D eigenvalue weighted by atomic mass is 10.1. The lowest BCUT2D eigenvalue weighted by Gasteiger charge is -2.07. The van der Waals surface area contributed by atoms with Crippen LogP contribution in [0.3, 0.4) is 0 Å². The van der Waals surface area contributed by atoms with Gasteiger partial charge in [-0.25, -0.2) is 5.43 Å². The number of nitriles is 1. The molecular formula is C20H20N4O2. The summed E-state index contributed by atoms with van der Waals surface area (Å²) >= 11 is 0. The molecule has 6 heteroatoms. The van der Waals surface area contributed by atoms with Gasteiger partial charge in [-0.05, 0) is 47.9 Å². The predicted octanol–water partition coefficient (Wildman–Crippen LogP) is 3.31. The molecular weight excluding hydrogens is 328 g/mol. The average Bonchev–Trinajstić information content (AvgIpc) is 2.62. The standard InChI is InChI=1S/C20H20N4O2/c1-14(2)11-19(25)23-18-9-7-17(8-10-18)20(26)24-22-13-16-5-3-15(12-21)4-6-16/h3-10,13-14H,11H2,1-2H3,(H,23,25)(H,24,26)/b22-13+. The number of amides is 2. The topological polar surface area (TPSA) is 94.3 Å². The van der Waals surface area contributed by atoms with Crippen LogP contribution in [0, 0.1) is 17.2 Å². The van der Waals surface area contributed by atoms with Gasteiger partial charge in [0, 0.05) is 17.7 Å². The Morgan fingerprint density at radius 1 is 1.12 bits per heavy atom. The zero-order valence-electron chi connectivity index (χ0n) is 14.7. The largest absolute Gasteiger partial charge is 0.326 e. The summed E-state index contributed by atoms with van der Waals surface area (Å²) in [5.41, 5.74) is 4.85. The lowest BCUT2D eigenvalue weighted by Crippen LogP contribution is -2.18. The van der Waals surface area contributed by atoms with Gasteiger partial charge in [0.2, 0.25) is 5.91 Å². The maximum Gasteiger partial charge on any atom is 0.271 e. The number of hydrogen-bond donors (Lipinski definition) is 2. The van der Waals surface area contributed by atoms with E-state index in [1.165, 1.54) is 6.21 Å². The highest BCUT2D eigenvalue weighted by Crippen LogP contribution is 2.11. The molecule has 0 aliphatic carbocycles. The van der Waals surface area contributed by atoms with Crippen LogP contribution in [0.5, 0.6) is 0 Å². The fourth-order valence-corrected chi connectivity index (χ4v) is 2.16. The third kappa shape index (κ3) is 5.87. The molecule has 0 aromatic heterocycles. The fraction of sp³-hybridized carbons (Fsp3) is 0.200. The van der Waals surface area contributed by atoms with Crippen LogP contribution in [0.25, 0.3) is 0 Å².